The average Bonchev–Trinajstić information content (AvgIpc) is 2.69. The molecule has 1 atom stereocenters. The van der Waals surface area contributed by atoms with Crippen LogP contribution in [-0.4, -0.2) is 11.0 Å². The van der Waals surface area contributed by atoms with Gasteiger partial charge in [-0.2, -0.15) is 0 Å². The predicted octanol–water partition coefficient (Wildman–Crippen LogP) is 3.76. The van der Waals surface area contributed by atoms with E-state index in [0.717, 1.165) is 26.9 Å². The molecule has 1 unspecified atom stereocenters. The largest absolute Gasteiger partial charge is 0.384 e. The minimum absolute atomic E-state index is 0.00668. The third-order valence-corrected chi connectivity index (χ3v) is 4.56. The molecule has 0 fully saturated rings. The molecule has 0 bridgehead atoms. The van der Waals surface area contributed by atoms with Gasteiger partial charge < -0.3 is 10.4 Å². The highest BCUT2D eigenvalue weighted by Gasteiger charge is 2.38. The minimum Gasteiger partial charge on any atom is -0.384 e. The molecule has 108 valence electrons. The van der Waals surface area contributed by atoms with E-state index in [4.69, 9.17) is 0 Å². The highest BCUT2D eigenvalue weighted by molar-refractivity contribution is 9.10. The predicted molar refractivity (Wildman–Crippen MR) is 86.3 cm³/mol. The molecule has 2 aromatic carbocycles. The van der Waals surface area contributed by atoms with Gasteiger partial charge in [0.25, 0.3) is 0 Å². The monoisotopic (exact) mass is 345 g/mol. The Morgan fingerprint density at radius 3 is 2.38 bits per heavy atom. The van der Waals surface area contributed by atoms with Crippen molar-refractivity contribution in [2.24, 2.45) is 0 Å². The molecular weight excluding hydrogens is 330 g/mol. The molecular formula is C17H16BrNO2. The van der Waals surface area contributed by atoms with E-state index in [1.807, 2.05) is 56.3 Å². The van der Waals surface area contributed by atoms with E-state index < -0.39 is 11.5 Å². The van der Waals surface area contributed by atoms with Gasteiger partial charge in [-0.1, -0.05) is 34.1 Å². The van der Waals surface area contributed by atoms with E-state index in [1.165, 1.54) is 0 Å². The second kappa shape index (κ2) is 4.97. The molecule has 1 aliphatic rings. The lowest BCUT2D eigenvalue weighted by Crippen LogP contribution is -2.26. The molecule has 1 aliphatic heterocycles. The summed E-state index contributed by atoms with van der Waals surface area (Å²) >= 11 is 3.39. The zero-order chi connectivity index (χ0) is 15.2. The number of hydrogen-bond donors (Lipinski definition) is 2. The second-order valence-electron chi connectivity index (χ2n) is 5.84. The maximum atomic E-state index is 12.0. The molecule has 0 radical (unpaired) electrons. The molecule has 2 N–H and O–H groups in total. The smallest absolute Gasteiger partial charge is 0.234 e. The number of carbonyl (C=O) groups excluding carboxylic acids is 1. The molecule has 21 heavy (non-hydrogen) atoms. The Morgan fingerprint density at radius 2 is 1.71 bits per heavy atom. The molecule has 1 heterocycles. The van der Waals surface area contributed by atoms with Crippen molar-refractivity contribution in [3.63, 3.8) is 0 Å². The topological polar surface area (TPSA) is 49.3 Å². The third-order valence-electron chi connectivity index (χ3n) is 4.03. The van der Waals surface area contributed by atoms with Crippen LogP contribution in [0.15, 0.2) is 46.9 Å². The van der Waals surface area contributed by atoms with Crippen LogP contribution >= 0.6 is 15.9 Å². The van der Waals surface area contributed by atoms with E-state index in [2.05, 4.69) is 21.2 Å². The molecule has 1 amide bonds. The van der Waals surface area contributed by atoms with Gasteiger partial charge in [-0.25, -0.2) is 0 Å². The highest BCUT2D eigenvalue weighted by atomic mass is 79.9. The fourth-order valence-electron chi connectivity index (χ4n) is 2.60. The van der Waals surface area contributed by atoms with Crippen LogP contribution in [0.25, 0.3) is 0 Å². The molecule has 3 nitrogen and oxygen atoms in total. The summed E-state index contributed by atoms with van der Waals surface area (Å²) < 4.78 is 0.975. The van der Waals surface area contributed by atoms with Crippen molar-refractivity contribution in [1.29, 1.82) is 0 Å². The van der Waals surface area contributed by atoms with E-state index in [0.29, 0.717) is 0 Å². The van der Waals surface area contributed by atoms with Gasteiger partial charge in [-0.15, -0.1) is 0 Å². The number of fused-ring (bicyclic) bond motifs is 1. The van der Waals surface area contributed by atoms with Crippen molar-refractivity contribution in [1.82, 2.24) is 0 Å². The van der Waals surface area contributed by atoms with Crippen LogP contribution < -0.4 is 5.32 Å². The number of anilines is 1. The number of nitrogens with one attached hydrogen (secondary N) is 1. The van der Waals surface area contributed by atoms with Crippen LogP contribution in [0.2, 0.25) is 0 Å². The van der Waals surface area contributed by atoms with Crippen LogP contribution in [0.5, 0.6) is 0 Å². The molecule has 2 aromatic rings. The molecule has 3 rings (SSSR count). The summed E-state index contributed by atoms with van der Waals surface area (Å²) in [5.74, 6) is -0.00668. The number of carbonyl (C=O) groups is 1. The number of rotatable bonds is 2. The van der Waals surface area contributed by atoms with Crippen LogP contribution in [0.1, 0.15) is 36.6 Å². The Hall–Kier alpha value is -1.65. The maximum Gasteiger partial charge on any atom is 0.234 e. The SMILES string of the molecule is CC1(C)C(=O)Nc2ccc(C(O)c3ccc(Br)cc3)cc21. The van der Waals surface area contributed by atoms with E-state index in [9.17, 15) is 9.90 Å². The fourth-order valence-corrected chi connectivity index (χ4v) is 2.86. The summed E-state index contributed by atoms with van der Waals surface area (Å²) in [5, 5.41) is 13.4. The normalized spacial score (nSPS) is 17.2. The van der Waals surface area contributed by atoms with Crippen molar-refractivity contribution in [2.75, 3.05) is 5.32 Å². The summed E-state index contributed by atoms with van der Waals surface area (Å²) in [6.07, 6.45) is -0.699. The first-order valence-corrected chi connectivity index (χ1v) is 7.58. The first kappa shape index (κ1) is 14.3. The number of aliphatic hydroxyl groups is 1. The Kier molecular flexibility index (Phi) is 3.38. The Labute approximate surface area is 132 Å². The van der Waals surface area contributed by atoms with Gasteiger partial charge in [0.1, 0.15) is 6.10 Å². The van der Waals surface area contributed by atoms with E-state index >= 15 is 0 Å². The van der Waals surface area contributed by atoms with Gasteiger partial charge in [0.05, 0.1) is 5.41 Å². The van der Waals surface area contributed by atoms with Crippen LogP contribution in [-0.2, 0) is 10.2 Å². The van der Waals surface area contributed by atoms with Gasteiger partial charge in [0.15, 0.2) is 0 Å². The third kappa shape index (κ3) is 2.39. The standard InChI is InChI=1S/C17H16BrNO2/c1-17(2)13-9-11(5-8-14(13)19-16(17)21)15(20)10-3-6-12(18)7-4-10/h3-9,15,20H,1-2H3,(H,19,21). The van der Waals surface area contributed by atoms with Crippen LogP contribution in [0, 0.1) is 0 Å². The quantitative estimate of drug-likeness (QED) is 0.870. The van der Waals surface area contributed by atoms with Gasteiger partial charge >= 0.3 is 0 Å². The molecule has 0 aliphatic carbocycles. The van der Waals surface area contributed by atoms with Gasteiger partial charge in [0, 0.05) is 10.2 Å². The summed E-state index contributed by atoms with van der Waals surface area (Å²) in [4.78, 5) is 12.0. The molecule has 0 aromatic heterocycles. The Balaban J connectivity index is 2.00. The number of halogens is 1. The molecule has 0 spiro atoms. The lowest BCUT2D eigenvalue weighted by molar-refractivity contribution is -0.119. The van der Waals surface area contributed by atoms with Crippen LogP contribution in [0.3, 0.4) is 0 Å². The average molecular weight is 346 g/mol. The number of hydrogen-bond acceptors (Lipinski definition) is 2. The number of benzene rings is 2. The highest BCUT2D eigenvalue weighted by Crippen LogP contribution is 2.39. The fraction of sp³-hybridized carbons (Fsp3) is 0.235. The molecule has 4 heteroatoms. The summed E-state index contributed by atoms with van der Waals surface area (Å²) in [5.41, 5.74) is 2.82. The van der Waals surface area contributed by atoms with Crippen molar-refractivity contribution < 1.29 is 9.90 Å². The Bertz CT molecular complexity index is 707. The summed E-state index contributed by atoms with van der Waals surface area (Å²) in [7, 11) is 0. The van der Waals surface area contributed by atoms with Gasteiger partial charge in [-0.3, -0.25) is 4.79 Å². The van der Waals surface area contributed by atoms with Crippen molar-refractivity contribution in [3.8, 4) is 0 Å². The lowest BCUT2D eigenvalue weighted by atomic mass is 9.84. The minimum atomic E-state index is -0.699. The van der Waals surface area contributed by atoms with Gasteiger partial charge in [-0.05, 0) is 54.8 Å². The number of aliphatic hydroxyl groups excluding tert-OH is 1. The maximum absolute atomic E-state index is 12.0. The van der Waals surface area contributed by atoms with E-state index in [-0.39, 0.29) is 5.91 Å². The lowest BCUT2D eigenvalue weighted by Gasteiger charge is -2.18. The first-order chi connectivity index (χ1) is 9.89. The molecule has 0 saturated heterocycles. The Morgan fingerprint density at radius 1 is 1.10 bits per heavy atom. The van der Waals surface area contributed by atoms with Crippen LogP contribution in [0.4, 0.5) is 5.69 Å². The first-order valence-electron chi connectivity index (χ1n) is 6.79. The van der Waals surface area contributed by atoms with Crippen molar-refractivity contribution in [2.45, 2.75) is 25.4 Å². The van der Waals surface area contributed by atoms with Crippen molar-refractivity contribution in [3.05, 3.63) is 63.6 Å². The molecule has 0 saturated carbocycles. The number of amides is 1. The van der Waals surface area contributed by atoms with Gasteiger partial charge in [0.2, 0.25) is 5.91 Å². The van der Waals surface area contributed by atoms with Crippen molar-refractivity contribution >= 4 is 27.5 Å². The zero-order valence-corrected chi connectivity index (χ0v) is 13.4. The second-order valence-corrected chi connectivity index (χ2v) is 6.75. The summed E-state index contributed by atoms with van der Waals surface area (Å²) in [6, 6.07) is 13.2. The van der Waals surface area contributed by atoms with E-state index in [1.54, 1.807) is 0 Å². The summed E-state index contributed by atoms with van der Waals surface area (Å²) in [6.45, 7) is 3.79. The zero-order valence-electron chi connectivity index (χ0n) is 11.9.